The highest BCUT2D eigenvalue weighted by atomic mass is 35.5. The molecule has 146 valence electrons. The summed E-state index contributed by atoms with van der Waals surface area (Å²) in [5.74, 6) is 0.181. The number of aryl methyl sites for hydroxylation is 1. The van der Waals surface area contributed by atoms with E-state index in [-0.39, 0.29) is 55.3 Å². The zero-order chi connectivity index (χ0) is 15.5. The van der Waals surface area contributed by atoms with Crippen molar-refractivity contribution in [1.82, 2.24) is 20.1 Å². The van der Waals surface area contributed by atoms with Crippen molar-refractivity contribution in [2.75, 3.05) is 39.3 Å². The average molecular weight is 434 g/mol. The van der Waals surface area contributed by atoms with E-state index in [2.05, 4.69) is 15.2 Å². The Morgan fingerprint density at radius 2 is 2.00 bits per heavy atom. The summed E-state index contributed by atoms with van der Waals surface area (Å²) in [6, 6.07) is -0.190. The number of thiazole rings is 1. The van der Waals surface area contributed by atoms with E-state index in [4.69, 9.17) is 4.74 Å². The molecule has 3 rings (SSSR count). The minimum atomic E-state index is -0.190. The van der Waals surface area contributed by atoms with Crippen LogP contribution in [0.25, 0.3) is 0 Å². The van der Waals surface area contributed by atoms with Crippen LogP contribution in [0.4, 0.5) is 0 Å². The minimum Gasteiger partial charge on any atom is -0.375 e. The summed E-state index contributed by atoms with van der Waals surface area (Å²) >= 11 is 1.75. The van der Waals surface area contributed by atoms with E-state index in [1.807, 2.05) is 24.9 Å². The van der Waals surface area contributed by atoms with Gasteiger partial charge in [-0.25, -0.2) is 4.98 Å². The summed E-state index contributed by atoms with van der Waals surface area (Å²) in [5, 5.41) is 4.40. The molecule has 2 aliphatic heterocycles. The summed E-state index contributed by atoms with van der Waals surface area (Å²) in [7, 11) is 0. The molecule has 6 nitrogen and oxygen atoms in total. The fourth-order valence-electron chi connectivity index (χ4n) is 3.03. The lowest BCUT2D eigenvalue weighted by molar-refractivity contribution is -0.141. The summed E-state index contributed by atoms with van der Waals surface area (Å²) in [4.78, 5) is 22.6. The van der Waals surface area contributed by atoms with Gasteiger partial charge in [0.2, 0.25) is 5.91 Å². The molecule has 1 amide bonds. The number of piperazine rings is 1. The number of halogens is 3. The quantitative estimate of drug-likeness (QED) is 0.787. The van der Waals surface area contributed by atoms with Gasteiger partial charge in [-0.15, -0.1) is 48.6 Å². The highest BCUT2D eigenvalue weighted by Crippen LogP contribution is 2.16. The number of ether oxygens (including phenoxy) is 1. The van der Waals surface area contributed by atoms with Crippen molar-refractivity contribution in [3.8, 4) is 0 Å². The lowest BCUT2D eigenvalue weighted by Crippen LogP contribution is -2.59. The Morgan fingerprint density at radius 3 is 2.56 bits per heavy atom. The lowest BCUT2D eigenvalue weighted by atomic mass is 10.1. The number of hydrogen-bond acceptors (Lipinski definition) is 6. The molecule has 10 heteroatoms. The number of nitrogens with one attached hydrogen (secondary N) is 1. The first-order chi connectivity index (χ1) is 10.6. The van der Waals surface area contributed by atoms with Crippen LogP contribution >= 0.6 is 48.6 Å². The van der Waals surface area contributed by atoms with Crippen LogP contribution in [-0.2, 0) is 16.1 Å². The van der Waals surface area contributed by atoms with Crippen LogP contribution in [0.3, 0.4) is 0 Å². The van der Waals surface area contributed by atoms with Gasteiger partial charge in [-0.2, -0.15) is 0 Å². The van der Waals surface area contributed by atoms with E-state index in [0.717, 1.165) is 44.3 Å². The van der Waals surface area contributed by atoms with Gasteiger partial charge in [0.15, 0.2) is 0 Å². The van der Waals surface area contributed by atoms with Crippen LogP contribution in [0, 0.1) is 6.92 Å². The molecule has 3 heterocycles. The van der Waals surface area contributed by atoms with Crippen LogP contribution in [0.2, 0.25) is 0 Å². The number of aromatic nitrogens is 1. The molecular weight excluding hydrogens is 407 g/mol. The molecule has 0 radical (unpaired) electrons. The molecule has 0 aliphatic carbocycles. The summed E-state index contributed by atoms with van der Waals surface area (Å²) < 4.78 is 5.58. The van der Waals surface area contributed by atoms with Crippen molar-refractivity contribution in [3.05, 3.63) is 16.1 Å². The molecule has 1 N–H and O–H groups in total. The third-order valence-corrected chi connectivity index (χ3v) is 5.21. The zero-order valence-electron chi connectivity index (χ0n) is 14.5. The third kappa shape index (κ3) is 6.50. The summed E-state index contributed by atoms with van der Waals surface area (Å²) in [6.07, 6.45) is 1.92. The molecule has 0 bridgehead atoms. The Balaban J connectivity index is 0.00000192. The van der Waals surface area contributed by atoms with Gasteiger partial charge in [-0.3, -0.25) is 9.69 Å². The van der Waals surface area contributed by atoms with Gasteiger partial charge in [0.25, 0.3) is 0 Å². The van der Waals surface area contributed by atoms with Gasteiger partial charge in [-0.1, -0.05) is 0 Å². The van der Waals surface area contributed by atoms with Gasteiger partial charge < -0.3 is 15.0 Å². The third-order valence-electron chi connectivity index (χ3n) is 4.32. The maximum atomic E-state index is 12.6. The van der Waals surface area contributed by atoms with Crippen LogP contribution in [0.1, 0.15) is 16.8 Å². The summed E-state index contributed by atoms with van der Waals surface area (Å²) in [5.41, 5.74) is 0. The van der Waals surface area contributed by atoms with Gasteiger partial charge in [0.1, 0.15) is 6.04 Å². The number of hydrogen-bond donors (Lipinski definition) is 1. The zero-order valence-corrected chi connectivity index (χ0v) is 17.7. The van der Waals surface area contributed by atoms with E-state index in [1.54, 1.807) is 11.3 Å². The van der Waals surface area contributed by atoms with Crippen LogP contribution < -0.4 is 5.32 Å². The van der Waals surface area contributed by atoms with Crippen molar-refractivity contribution in [3.63, 3.8) is 0 Å². The fourth-order valence-corrected chi connectivity index (χ4v) is 3.87. The Bertz CT molecular complexity index is 527. The molecule has 0 unspecified atom stereocenters. The van der Waals surface area contributed by atoms with Crippen molar-refractivity contribution in [2.24, 2.45) is 0 Å². The Labute approximate surface area is 171 Å². The first-order valence-corrected chi connectivity index (χ1v) is 8.72. The molecule has 1 aromatic heterocycles. The molecule has 2 aliphatic rings. The number of nitrogens with zero attached hydrogens (tertiary/aromatic N) is 3. The van der Waals surface area contributed by atoms with Crippen LogP contribution in [-0.4, -0.2) is 72.2 Å². The number of morpholine rings is 1. The lowest BCUT2D eigenvalue weighted by Gasteiger charge is -2.38. The Hall–Kier alpha value is -0.150. The van der Waals surface area contributed by atoms with E-state index in [9.17, 15) is 4.79 Å². The van der Waals surface area contributed by atoms with E-state index >= 15 is 0 Å². The van der Waals surface area contributed by atoms with Crippen molar-refractivity contribution in [2.45, 2.75) is 32.5 Å². The monoisotopic (exact) mass is 432 g/mol. The molecule has 2 saturated heterocycles. The predicted octanol–water partition coefficient (Wildman–Crippen LogP) is 1.74. The highest BCUT2D eigenvalue weighted by Gasteiger charge is 2.33. The number of rotatable bonds is 3. The van der Waals surface area contributed by atoms with E-state index in [0.29, 0.717) is 6.61 Å². The SMILES string of the molecule is Cc1ncc(CN2CCN(C(=O)[C@H]3NCCO[C@@H]3C)CC2)s1.Cl.Cl.Cl. The second-order valence-corrected chi connectivity index (χ2v) is 7.27. The number of carbonyl (C=O) groups excluding carboxylic acids is 1. The standard InChI is InChI=1S/C15H24N4O2S.3ClH/c1-11-14(16-3-8-21-11)15(20)19-6-4-18(5-7-19)10-13-9-17-12(2)22-13;;;/h9,11,14,16H,3-8,10H2,1-2H3;3*1H/t11-,14+;;;/m1.../s1. The van der Waals surface area contributed by atoms with Gasteiger partial charge in [0, 0.05) is 50.3 Å². The van der Waals surface area contributed by atoms with Gasteiger partial charge in [0.05, 0.1) is 17.7 Å². The van der Waals surface area contributed by atoms with E-state index < -0.39 is 0 Å². The highest BCUT2D eigenvalue weighted by molar-refractivity contribution is 7.11. The van der Waals surface area contributed by atoms with E-state index in [1.165, 1.54) is 4.88 Å². The second kappa shape index (κ2) is 11.5. The molecule has 2 atom stereocenters. The smallest absolute Gasteiger partial charge is 0.242 e. The van der Waals surface area contributed by atoms with Gasteiger partial charge >= 0.3 is 0 Å². The van der Waals surface area contributed by atoms with Crippen LogP contribution in [0.5, 0.6) is 0 Å². The normalized spacial score (nSPS) is 23.8. The van der Waals surface area contributed by atoms with Crippen molar-refractivity contribution < 1.29 is 9.53 Å². The molecule has 25 heavy (non-hydrogen) atoms. The minimum absolute atomic E-state index is 0. The first kappa shape index (κ1) is 24.8. The summed E-state index contributed by atoms with van der Waals surface area (Å²) in [6.45, 7) is 9.81. The molecule has 2 fully saturated rings. The topological polar surface area (TPSA) is 57.7 Å². The Kier molecular flexibility index (Phi) is 11.5. The predicted molar refractivity (Wildman–Crippen MR) is 108 cm³/mol. The van der Waals surface area contributed by atoms with Crippen molar-refractivity contribution >= 4 is 54.5 Å². The first-order valence-electron chi connectivity index (χ1n) is 7.91. The van der Waals surface area contributed by atoms with Gasteiger partial charge in [-0.05, 0) is 13.8 Å². The molecular formula is C15H27Cl3N4O2S. The fraction of sp³-hybridized carbons (Fsp3) is 0.733. The Morgan fingerprint density at radius 1 is 1.32 bits per heavy atom. The maximum absolute atomic E-state index is 12.6. The molecule has 0 spiro atoms. The molecule has 0 saturated carbocycles. The second-order valence-electron chi connectivity index (χ2n) is 5.95. The molecule has 1 aromatic rings. The largest absolute Gasteiger partial charge is 0.375 e. The number of carbonyl (C=O) groups is 1. The molecule has 0 aromatic carbocycles. The maximum Gasteiger partial charge on any atom is 0.242 e. The van der Waals surface area contributed by atoms with Crippen LogP contribution in [0.15, 0.2) is 6.20 Å². The average Bonchev–Trinajstić information content (AvgIpc) is 2.93. The number of amides is 1. The van der Waals surface area contributed by atoms with Crippen molar-refractivity contribution in [1.29, 1.82) is 0 Å².